The van der Waals surface area contributed by atoms with Gasteiger partial charge >= 0.3 is 0 Å². The molecule has 0 aliphatic carbocycles. The molecule has 0 saturated carbocycles. The summed E-state index contributed by atoms with van der Waals surface area (Å²) in [4.78, 5) is 46.5. The second-order valence-corrected chi connectivity index (χ2v) is 13.5. The molecule has 13 heteroatoms. The molecular weight excluding hydrogens is 666 g/mol. The first-order chi connectivity index (χ1) is 22.8. The van der Waals surface area contributed by atoms with Gasteiger partial charge in [-0.3, -0.25) is 19.3 Å². The van der Waals surface area contributed by atoms with Crippen molar-refractivity contribution in [1.29, 1.82) is 0 Å². The van der Waals surface area contributed by atoms with Crippen LogP contribution in [-0.2, 0) is 22.6 Å². The number of carbonyl (C=O) groups is 2. The number of aromatic nitrogens is 2. The zero-order chi connectivity index (χ0) is 32.4. The van der Waals surface area contributed by atoms with Gasteiger partial charge < -0.3 is 9.32 Å². The molecule has 0 saturated heterocycles. The Hall–Kier alpha value is -4.91. The van der Waals surface area contributed by atoms with Gasteiger partial charge in [0.1, 0.15) is 17.2 Å². The highest BCUT2D eigenvalue weighted by molar-refractivity contribution is 8.00. The standard InChI is InChI=1S/C34H19ClF2N4O4S2/c35-20-11-14-26-22(15-20)28(42)27-29(45-26)30(43)41(32-38-39-33(47-32)46-17-19-5-1-3-7-24(19)37)34(27)23-6-2-4-8-25(23)40(31(34)44)16-18-9-12-21(36)13-10-18/h1-15H,16-17H2. The fourth-order valence-corrected chi connectivity index (χ4v) is 8.22. The molecule has 2 amide bonds. The van der Waals surface area contributed by atoms with Crippen molar-refractivity contribution in [3.05, 3.63) is 146 Å². The molecule has 8 nitrogen and oxygen atoms in total. The van der Waals surface area contributed by atoms with Gasteiger partial charge in [-0.25, -0.2) is 8.78 Å². The number of hydrogen-bond acceptors (Lipinski definition) is 8. The smallest absolute Gasteiger partial charge is 0.297 e. The number of para-hydroxylation sites is 1. The first-order valence-electron chi connectivity index (χ1n) is 14.2. The van der Waals surface area contributed by atoms with Crippen molar-refractivity contribution < 1.29 is 22.8 Å². The summed E-state index contributed by atoms with van der Waals surface area (Å²) in [5.74, 6) is -2.18. The lowest BCUT2D eigenvalue weighted by Crippen LogP contribution is -2.53. The number of thioether (sulfide) groups is 1. The Morgan fingerprint density at radius 3 is 2.49 bits per heavy atom. The van der Waals surface area contributed by atoms with Gasteiger partial charge in [-0.05, 0) is 53.6 Å². The molecule has 1 unspecified atom stereocenters. The van der Waals surface area contributed by atoms with E-state index >= 15 is 4.79 Å². The Morgan fingerprint density at radius 1 is 0.915 bits per heavy atom. The Kier molecular flexibility index (Phi) is 6.97. The molecule has 0 N–H and O–H groups in total. The molecule has 6 aromatic rings. The second kappa shape index (κ2) is 11.1. The van der Waals surface area contributed by atoms with Crippen LogP contribution in [0.15, 0.2) is 105 Å². The second-order valence-electron chi connectivity index (χ2n) is 10.9. The largest absolute Gasteiger partial charge is 0.450 e. The predicted molar refractivity (Wildman–Crippen MR) is 175 cm³/mol. The summed E-state index contributed by atoms with van der Waals surface area (Å²) in [6, 6.07) is 23.4. The number of fused-ring (bicyclic) bond motifs is 5. The van der Waals surface area contributed by atoms with Crippen molar-refractivity contribution >= 4 is 68.3 Å². The van der Waals surface area contributed by atoms with E-state index in [1.807, 2.05) is 0 Å². The molecule has 232 valence electrons. The monoisotopic (exact) mass is 684 g/mol. The van der Waals surface area contributed by atoms with Gasteiger partial charge in [0.15, 0.2) is 15.3 Å². The predicted octanol–water partition coefficient (Wildman–Crippen LogP) is 7.32. The van der Waals surface area contributed by atoms with Gasteiger partial charge in [0.25, 0.3) is 11.8 Å². The van der Waals surface area contributed by atoms with Crippen molar-refractivity contribution in [2.24, 2.45) is 0 Å². The van der Waals surface area contributed by atoms with E-state index in [1.165, 1.54) is 58.0 Å². The van der Waals surface area contributed by atoms with Crippen LogP contribution >= 0.6 is 34.7 Å². The normalized spacial score (nSPS) is 16.8. The third-order valence-electron chi connectivity index (χ3n) is 8.24. The van der Waals surface area contributed by atoms with Gasteiger partial charge in [0, 0.05) is 16.3 Å². The molecule has 47 heavy (non-hydrogen) atoms. The lowest BCUT2D eigenvalue weighted by atomic mass is 9.84. The fraction of sp³-hybridized carbons (Fsp3) is 0.0882. The number of halogens is 3. The lowest BCUT2D eigenvalue weighted by Gasteiger charge is -2.32. The quantitative estimate of drug-likeness (QED) is 0.134. The Labute approximate surface area is 278 Å². The van der Waals surface area contributed by atoms with Crippen LogP contribution in [-0.4, -0.2) is 22.0 Å². The average molecular weight is 685 g/mol. The van der Waals surface area contributed by atoms with Gasteiger partial charge in [0.05, 0.1) is 23.2 Å². The van der Waals surface area contributed by atoms with Crippen LogP contribution in [0.5, 0.6) is 0 Å². The molecule has 4 aromatic carbocycles. The summed E-state index contributed by atoms with van der Waals surface area (Å²) in [5.41, 5.74) is -0.719. The first kappa shape index (κ1) is 29.5. The molecule has 2 aliphatic rings. The van der Waals surface area contributed by atoms with Crippen LogP contribution in [0, 0.1) is 11.6 Å². The van der Waals surface area contributed by atoms with E-state index in [2.05, 4.69) is 10.2 Å². The van der Waals surface area contributed by atoms with E-state index in [0.29, 0.717) is 26.7 Å². The minimum Gasteiger partial charge on any atom is -0.450 e. The molecule has 0 fully saturated rings. The summed E-state index contributed by atoms with van der Waals surface area (Å²) < 4.78 is 34.6. The minimum absolute atomic E-state index is 0.0276. The fourth-order valence-electron chi connectivity index (χ4n) is 6.17. The van der Waals surface area contributed by atoms with E-state index in [9.17, 15) is 18.4 Å². The SMILES string of the molecule is O=C1c2oc3ccc(Cl)cc3c(=O)c2C2(C(=O)N(Cc3ccc(F)cc3)c3ccccc32)N1c1nnc(SCc2ccccc2F)s1. The molecule has 1 spiro atoms. The number of hydrogen-bond donors (Lipinski definition) is 0. The van der Waals surface area contributed by atoms with E-state index in [0.717, 1.165) is 11.3 Å². The van der Waals surface area contributed by atoms with Crippen LogP contribution in [0.3, 0.4) is 0 Å². The molecule has 1 atom stereocenters. The molecule has 8 rings (SSSR count). The summed E-state index contributed by atoms with van der Waals surface area (Å²) in [6.45, 7) is 0.0276. The third kappa shape index (κ3) is 4.50. The van der Waals surface area contributed by atoms with Crippen molar-refractivity contribution in [3.8, 4) is 0 Å². The maximum absolute atomic E-state index is 15.0. The Balaban J connectivity index is 1.32. The maximum Gasteiger partial charge on any atom is 0.297 e. The zero-order valence-electron chi connectivity index (χ0n) is 23.9. The molecule has 2 aliphatic heterocycles. The summed E-state index contributed by atoms with van der Waals surface area (Å²) in [5, 5.41) is 8.98. The molecule has 2 aromatic heterocycles. The highest BCUT2D eigenvalue weighted by Gasteiger charge is 2.66. The highest BCUT2D eigenvalue weighted by atomic mass is 35.5. The topological polar surface area (TPSA) is 96.6 Å². The van der Waals surface area contributed by atoms with Gasteiger partial charge in [0.2, 0.25) is 10.9 Å². The molecule has 4 heterocycles. The van der Waals surface area contributed by atoms with Crippen molar-refractivity contribution in [1.82, 2.24) is 10.2 Å². The van der Waals surface area contributed by atoms with Gasteiger partial charge in [-0.2, -0.15) is 0 Å². The third-order valence-corrected chi connectivity index (χ3v) is 10.6. The molecule has 0 bridgehead atoms. The minimum atomic E-state index is -2.01. The van der Waals surface area contributed by atoms with Crippen molar-refractivity contribution in [2.75, 3.05) is 9.80 Å². The van der Waals surface area contributed by atoms with E-state index in [4.69, 9.17) is 16.0 Å². The van der Waals surface area contributed by atoms with Crippen LogP contribution in [0.4, 0.5) is 19.6 Å². The molecule has 0 radical (unpaired) electrons. The zero-order valence-corrected chi connectivity index (χ0v) is 26.3. The summed E-state index contributed by atoms with van der Waals surface area (Å²) in [6.07, 6.45) is 0. The Morgan fingerprint density at radius 2 is 1.68 bits per heavy atom. The van der Waals surface area contributed by atoms with Gasteiger partial charge in [-0.1, -0.05) is 83.2 Å². The lowest BCUT2D eigenvalue weighted by molar-refractivity contribution is -0.121. The number of carbonyl (C=O) groups excluding carboxylic acids is 2. The maximum atomic E-state index is 15.0. The average Bonchev–Trinajstić information content (AvgIpc) is 3.71. The van der Waals surface area contributed by atoms with E-state index in [-0.39, 0.29) is 50.6 Å². The summed E-state index contributed by atoms with van der Waals surface area (Å²) >= 11 is 8.52. The highest BCUT2D eigenvalue weighted by Crippen LogP contribution is 2.55. The van der Waals surface area contributed by atoms with Crippen molar-refractivity contribution in [3.63, 3.8) is 0 Å². The summed E-state index contributed by atoms with van der Waals surface area (Å²) in [7, 11) is 0. The number of rotatable bonds is 6. The molecular formula is C34H19ClF2N4O4S2. The van der Waals surface area contributed by atoms with Crippen LogP contribution < -0.4 is 15.2 Å². The van der Waals surface area contributed by atoms with Gasteiger partial charge in [-0.15, -0.1) is 10.2 Å². The van der Waals surface area contributed by atoms with E-state index in [1.54, 1.807) is 54.6 Å². The number of amides is 2. The number of benzene rings is 4. The number of anilines is 2. The van der Waals surface area contributed by atoms with Crippen LogP contribution in [0.1, 0.15) is 32.8 Å². The number of nitrogens with zero attached hydrogens (tertiary/aromatic N) is 4. The van der Waals surface area contributed by atoms with E-state index < -0.39 is 28.6 Å². The van der Waals surface area contributed by atoms with Crippen molar-refractivity contribution in [2.45, 2.75) is 22.2 Å². The van der Waals surface area contributed by atoms with Crippen LogP contribution in [0.25, 0.3) is 11.0 Å². The van der Waals surface area contributed by atoms with Crippen LogP contribution in [0.2, 0.25) is 5.02 Å². The Bertz CT molecular complexity index is 2330. The first-order valence-corrected chi connectivity index (χ1v) is 16.4.